The van der Waals surface area contributed by atoms with Gasteiger partial charge in [-0.3, -0.25) is 0 Å². The summed E-state index contributed by atoms with van der Waals surface area (Å²) in [5.41, 5.74) is 3.65. The van der Waals surface area contributed by atoms with Crippen molar-refractivity contribution in [1.82, 2.24) is 0 Å². The lowest BCUT2D eigenvalue weighted by atomic mass is 10.0. The Morgan fingerprint density at radius 3 is 2.42 bits per heavy atom. The Kier molecular flexibility index (Phi) is 4.30. The molecule has 3 rings (SSSR count). The van der Waals surface area contributed by atoms with E-state index >= 15 is 0 Å². The summed E-state index contributed by atoms with van der Waals surface area (Å²) >= 11 is 0. The van der Waals surface area contributed by atoms with E-state index in [0.717, 1.165) is 27.8 Å². The predicted octanol–water partition coefficient (Wildman–Crippen LogP) is 4.31. The number of fused-ring (bicyclic) bond motifs is 1. The largest absolute Gasteiger partial charge is 0.496 e. The van der Waals surface area contributed by atoms with E-state index in [4.69, 9.17) is 13.9 Å². The Balaban J connectivity index is 1.98. The highest BCUT2D eigenvalue weighted by molar-refractivity contribution is 5.85. The molecule has 0 saturated carbocycles. The lowest BCUT2D eigenvalue weighted by Crippen LogP contribution is -2.07. The van der Waals surface area contributed by atoms with E-state index in [-0.39, 0.29) is 5.63 Å². The van der Waals surface area contributed by atoms with Crippen LogP contribution in [0.3, 0.4) is 0 Å². The maximum atomic E-state index is 12.0. The van der Waals surface area contributed by atoms with Gasteiger partial charge in [0.2, 0.25) is 0 Å². The van der Waals surface area contributed by atoms with Crippen molar-refractivity contribution < 1.29 is 13.9 Å². The highest BCUT2D eigenvalue weighted by Crippen LogP contribution is 2.30. The van der Waals surface area contributed by atoms with E-state index < -0.39 is 0 Å². The normalized spacial score (nSPS) is 10.8. The van der Waals surface area contributed by atoms with Gasteiger partial charge in [0.15, 0.2) is 0 Å². The second kappa shape index (κ2) is 6.40. The summed E-state index contributed by atoms with van der Waals surface area (Å²) in [6.45, 7) is 5.99. The zero-order valence-electron chi connectivity index (χ0n) is 14.3. The van der Waals surface area contributed by atoms with E-state index in [1.54, 1.807) is 14.0 Å². The van der Waals surface area contributed by atoms with Crippen LogP contribution in [0.25, 0.3) is 11.0 Å². The van der Waals surface area contributed by atoms with Gasteiger partial charge in [0.1, 0.15) is 23.7 Å². The van der Waals surface area contributed by atoms with Gasteiger partial charge in [0.05, 0.1) is 7.11 Å². The van der Waals surface area contributed by atoms with Gasteiger partial charge >= 0.3 is 5.63 Å². The molecule has 24 heavy (non-hydrogen) atoms. The van der Waals surface area contributed by atoms with Crippen molar-refractivity contribution in [1.29, 1.82) is 0 Å². The molecule has 0 atom stereocenters. The lowest BCUT2D eigenvalue weighted by molar-refractivity contribution is 0.294. The number of rotatable bonds is 4. The second-order valence-electron chi connectivity index (χ2n) is 5.81. The van der Waals surface area contributed by atoms with Crippen molar-refractivity contribution in [3.63, 3.8) is 0 Å². The first-order valence-corrected chi connectivity index (χ1v) is 7.81. The SMILES string of the molecule is COc1ccccc1COc1ccc2c(C)c(C)c(=O)oc2c1C. The molecule has 4 heteroatoms. The number of aryl methyl sites for hydroxylation is 2. The van der Waals surface area contributed by atoms with Crippen LogP contribution in [0.2, 0.25) is 0 Å². The van der Waals surface area contributed by atoms with Gasteiger partial charge in [0.25, 0.3) is 0 Å². The van der Waals surface area contributed by atoms with Crippen LogP contribution >= 0.6 is 0 Å². The van der Waals surface area contributed by atoms with Crippen LogP contribution in [0.15, 0.2) is 45.6 Å². The van der Waals surface area contributed by atoms with Crippen molar-refractivity contribution in [2.45, 2.75) is 27.4 Å². The first kappa shape index (κ1) is 16.1. The number of hydrogen-bond donors (Lipinski definition) is 0. The number of benzene rings is 2. The molecule has 0 aliphatic carbocycles. The van der Waals surface area contributed by atoms with Crippen molar-refractivity contribution in [2.24, 2.45) is 0 Å². The van der Waals surface area contributed by atoms with E-state index in [9.17, 15) is 4.79 Å². The molecular weight excluding hydrogens is 304 g/mol. The van der Waals surface area contributed by atoms with Crippen molar-refractivity contribution in [3.05, 3.63) is 69.1 Å². The molecule has 0 N–H and O–H groups in total. The first-order valence-electron chi connectivity index (χ1n) is 7.81. The average molecular weight is 324 g/mol. The molecule has 4 nitrogen and oxygen atoms in total. The van der Waals surface area contributed by atoms with E-state index in [1.807, 2.05) is 50.2 Å². The fourth-order valence-electron chi connectivity index (χ4n) is 2.76. The fourth-order valence-corrected chi connectivity index (χ4v) is 2.76. The first-order chi connectivity index (χ1) is 11.5. The smallest absolute Gasteiger partial charge is 0.339 e. The van der Waals surface area contributed by atoms with Crippen LogP contribution in [-0.4, -0.2) is 7.11 Å². The molecule has 3 aromatic rings. The quantitative estimate of drug-likeness (QED) is 0.671. The number of para-hydroxylation sites is 1. The minimum absolute atomic E-state index is 0.301. The summed E-state index contributed by atoms with van der Waals surface area (Å²) in [7, 11) is 1.64. The standard InChI is InChI=1S/C20H20O4/c1-12-13(2)20(21)24-19-14(3)17(10-9-16(12)19)23-11-15-7-5-6-8-18(15)22-4/h5-10H,11H2,1-4H3. The summed E-state index contributed by atoms with van der Waals surface area (Å²) in [6.07, 6.45) is 0. The Morgan fingerprint density at radius 1 is 0.917 bits per heavy atom. The minimum Gasteiger partial charge on any atom is -0.496 e. The molecule has 1 aromatic heterocycles. The third kappa shape index (κ3) is 2.75. The monoisotopic (exact) mass is 324 g/mol. The molecule has 0 bridgehead atoms. The molecule has 1 heterocycles. The molecule has 0 aliphatic heterocycles. The molecule has 0 unspecified atom stereocenters. The van der Waals surface area contributed by atoms with Crippen LogP contribution < -0.4 is 15.1 Å². The van der Waals surface area contributed by atoms with Crippen molar-refractivity contribution in [3.8, 4) is 11.5 Å². The fraction of sp³-hybridized carbons (Fsp3) is 0.250. The van der Waals surface area contributed by atoms with Gasteiger partial charge in [-0.05, 0) is 44.5 Å². The number of methoxy groups -OCH3 is 1. The maximum Gasteiger partial charge on any atom is 0.339 e. The maximum absolute atomic E-state index is 12.0. The van der Waals surface area contributed by atoms with Gasteiger partial charge in [-0.25, -0.2) is 4.79 Å². The zero-order chi connectivity index (χ0) is 17.3. The summed E-state index contributed by atoms with van der Waals surface area (Å²) in [6, 6.07) is 11.6. The summed E-state index contributed by atoms with van der Waals surface area (Å²) in [5.74, 6) is 1.48. The molecule has 0 saturated heterocycles. The highest BCUT2D eigenvalue weighted by atomic mass is 16.5. The topological polar surface area (TPSA) is 48.7 Å². The zero-order valence-corrected chi connectivity index (χ0v) is 14.3. The lowest BCUT2D eigenvalue weighted by Gasteiger charge is -2.13. The third-order valence-electron chi connectivity index (χ3n) is 4.40. The van der Waals surface area contributed by atoms with Gasteiger partial charge in [0, 0.05) is 22.1 Å². The minimum atomic E-state index is -0.301. The summed E-state index contributed by atoms with van der Waals surface area (Å²) < 4.78 is 16.8. The van der Waals surface area contributed by atoms with Crippen LogP contribution in [0.1, 0.15) is 22.3 Å². The van der Waals surface area contributed by atoms with Crippen molar-refractivity contribution >= 4 is 11.0 Å². The molecule has 0 spiro atoms. The van der Waals surface area contributed by atoms with Crippen LogP contribution in [0.4, 0.5) is 0 Å². The highest BCUT2D eigenvalue weighted by Gasteiger charge is 2.13. The predicted molar refractivity (Wildman–Crippen MR) is 94.0 cm³/mol. The Hall–Kier alpha value is -2.75. The Morgan fingerprint density at radius 2 is 1.67 bits per heavy atom. The summed E-state index contributed by atoms with van der Waals surface area (Å²) in [5, 5.41) is 0.939. The average Bonchev–Trinajstić information content (AvgIpc) is 2.60. The molecular formula is C20H20O4. The molecule has 124 valence electrons. The summed E-state index contributed by atoms with van der Waals surface area (Å²) in [4.78, 5) is 12.0. The van der Waals surface area contributed by atoms with E-state index in [0.29, 0.717) is 23.5 Å². The second-order valence-corrected chi connectivity index (χ2v) is 5.81. The van der Waals surface area contributed by atoms with Gasteiger partial charge < -0.3 is 13.9 Å². The third-order valence-corrected chi connectivity index (χ3v) is 4.40. The Bertz CT molecular complexity index is 954. The van der Waals surface area contributed by atoms with Crippen molar-refractivity contribution in [2.75, 3.05) is 7.11 Å². The van der Waals surface area contributed by atoms with Crippen LogP contribution in [0, 0.1) is 20.8 Å². The van der Waals surface area contributed by atoms with Crippen LogP contribution in [-0.2, 0) is 6.61 Å². The van der Waals surface area contributed by atoms with E-state index in [2.05, 4.69) is 0 Å². The van der Waals surface area contributed by atoms with E-state index in [1.165, 1.54) is 0 Å². The Labute approximate surface area is 140 Å². The molecule has 2 aromatic carbocycles. The molecule has 0 amide bonds. The number of ether oxygens (including phenoxy) is 2. The van der Waals surface area contributed by atoms with Gasteiger partial charge in [-0.15, -0.1) is 0 Å². The molecule has 0 fully saturated rings. The van der Waals surface area contributed by atoms with Gasteiger partial charge in [-0.1, -0.05) is 18.2 Å². The van der Waals surface area contributed by atoms with Gasteiger partial charge in [-0.2, -0.15) is 0 Å². The molecule has 0 radical (unpaired) electrons. The number of hydrogen-bond acceptors (Lipinski definition) is 4. The van der Waals surface area contributed by atoms with Crippen LogP contribution in [0.5, 0.6) is 11.5 Å². The molecule has 0 aliphatic rings.